The molecule has 2 amide bonds. The van der Waals surface area contributed by atoms with Gasteiger partial charge >= 0.3 is 0 Å². The fraction of sp³-hybridized carbons (Fsp3) is 0.312. The number of amides is 2. The van der Waals surface area contributed by atoms with Crippen molar-refractivity contribution in [3.8, 4) is 0 Å². The summed E-state index contributed by atoms with van der Waals surface area (Å²) in [6, 6.07) is 23.0. The molecule has 39 heavy (non-hydrogen) atoms. The number of thioether (sulfide) groups is 1. The molecule has 2 aliphatic heterocycles. The average Bonchev–Trinajstić information content (AvgIpc) is 3.23. The molecular formula is C32H34ClN3O2S. The maximum atomic E-state index is 13.6. The first-order valence-corrected chi connectivity index (χ1v) is 14.9. The first-order chi connectivity index (χ1) is 19.1. The van der Waals surface area contributed by atoms with Crippen LogP contribution >= 0.6 is 23.4 Å². The SMILES string of the molecule is O=C(NCCCN1CCCCCC1)c1ccc(/C=C2/Sc3ccccc3N(Cc3cccc(Cl)c3)C2=O)cc1. The molecule has 2 aliphatic rings. The lowest BCUT2D eigenvalue weighted by molar-refractivity contribution is -0.114. The van der Waals surface area contributed by atoms with E-state index in [0.717, 1.165) is 34.7 Å². The number of nitrogens with one attached hydrogen (secondary N) is 1. The van der Waals surface area contributed by atoms with Gasteiger partial charge < -0.3 is 15.1 Å². The van der Waals surface area contributed by atoms with E-state index in [1.54, 1.807) is 4.90 Å². The van der Waals surface area contributed by atoms with Crippen molar-refractivity contribution in [3.63, 3.8) is 0 Å². The summed E-state index contributed by atoms with van der Waals surface area (Å²) < 4.78 is 0. The van der Waals surface area contributed by atoms with Crippen LogP contribution in [0.25, 0.3) is 6.08 Å². The first kappa shape index (κ1) is 27.5. The van der Waals surface area contributed by atoms with Crippen LogP contribution in [0.3, 0.4) is 0 Å². The normalized spacial score (nSPS) is 17.1. The van der Waals surface area contributed by atoms with Crippen LogP contribution < -0.4 is 10.2 Å². The predicted octanol–water partition coefficient (Wildman–Crippen LogP) is 7.02. The van der Waals surface area contributed by atoms with Gasteiger partial charge in [0.25, 0.3) is 11.8 Å². The Morgan fingerprint density at radius 1 is 0.949 bits per heavy atom. The Morgan fingerprint density at radius 2 is 1.72 bits per heavy atom. The van der Waals surface area contributed by atoms with Gasteiger partial charge in [0.1, 0.15) is 0 Å². The van der Waals surface area contributed by atoms with Crippen molar-refractivity contribution < 1.29 is 9.59 Å². The monoisotopic (exact) mass is 559 g/mol. The van der Waals surface area contributed by atoms with E-state index in [0.29, 0.717) is 28.6 Å². The molecule has 7 heteroatoms. The van der Waals surface area contributed by atoms with Crippen LogP contribution in [-0.4, -0.2) is 42.9 Å². The number of rotatable bonds is 8. The highest BCUT2D eigenvalue weighted by molar-refractivity contribution is 8.04. The molecule has 5 rings (SSSR count). The van der Waals surface area contributed by atoms with Crippen molar-refractivity contribution in [1.29, 1.82) is 0 Å². The van der Waals surface area contributed by atoms with Gasteiger partial charge in [-0.05, 0) is 92.5 Å². The van der Waals surface area contributed by atoms with Crippen LogP contribution in [-0.2, 0) is 11.3 Å². The van der Waals surface area contributed by atoms with Crippen molar-refractivity contribution >= 4 is 46.9 Å². The third kappa shape index (κ3) is 7.33. The fourth-order valence-electron chi connectivity index (χ4n) is 5.09. The van der Waals surface area contributed by atoms with Crippen LogP contribution in [0, 0.1) is 0 Å². The number of carbonyl (C=O) groups excluding carboxylic acids is 2. The summed E-state index contributed by atoms with van der Waals surface area (Å²) in [6.07, 6.45) is 8.10. The van der Waals surface area contributed by atoms with E-state index in [2.05, 4.69) is 10.2 Å². The molecule has 0 atom stereocenters. The lowest BCUT2D eigenvalue weighted by Gasteiger charge is -2.30. The van der Waals surface area contributed by atoms with Gasteiger partial charge in [-0.1, -0.05) is 72.6 Å². The summed E-state index contributed by atoms with van der Waals surface area (Å²) in [5, 5.41) is 3.70. The molecule has 1 fully saturated rings. The minimum Gasteiger partial charge on any atom is -0.352 e. The maximum absolute atomic E-state index is 13.6. The molecular weight excluding hydrogens is 526 g/mol. The first-order valence-electron chi connectivity index (χ1n) is 13.7. The molecule has 202 valence electrons. The molecule has 0 saturated carbocycles. The molecule has 0 spiro atoms. The summed E-state index contributed by atoms with van der Waals surface area (Å²) in [5.74, 6) is -0.111. The molecule has 1 saturated heterocycles. The second-order valence-electron chi connectivity index (χ2n) is 10.1. The number of benzene rings is 3. The molecule has 0 unspecified atom stereocenters. The number of hydrogen-bond acceptors (Lipinski definition) is 4. The minimum atomic E-state index is -0.0604. The van der Waals surface area contributed by atoms with Gasteiger partial charge in [-0.2, -0.15) is 0 Å². The van der Waals surface area contributed by atoms with Crippen LogP contribution in [0.2, 0.25) is 5.02 Å². The van der Waals surface area contributed by atoms with Gasteiger partial charge in [0.05, 0.1) is 17.1 Å². The Kier molecular flexibility index (Phi) is 9.40. The molecule has 0 bridgehead atoms. The van der Waals surface area contributed by atoms with E-state index in [1.807, 2.05) is 78.9 Å². The molecule has 0 radical (unpaired) electrons. The van der Waals surface area contributed by atoms with Crippen LogP contribution in [0.5, 0.6) is 0 Å². The second kappa shape index (κ2) is 13.3. The number of halogens is 1. The third-order valence-corrected chi connectivity index (χ3v) is 8.48. The van der Waals surface area contributed by atoms with Crippen molar-refractivity contribution in [3.05, 3.63) is 99.4 Å². The number of para-hydroxylation sites is 1. The molecule has 5 nitrogen and oxygen atoms in total. The number of fused-ring (bicyclic) bond motifs is 1. The zero-order valence-corrected chi connectivity index (χ0v) is 23.6. The third-order valence-electron chi connectivity index (χ3n) is 7.17. The Hall–Kier alpha value is -3.06. The summed E-state index contributed by atoms with van der Waals surface area (Å²) >= 11 is 7.67. The zero-order chi connectivity index (χ0) is 27.0. The number of nitrogens with zero attached hydrogens (tertiary/aromatic N) is 2. The topological polar surface area (TPSA) is 52.7 Å². The largest absolute Gasteiger partial charge is 0.352 e. The summed E-state index contributed by atoms with van der Waals surface area (Å²) in [4.78, 5) is 32.2. The van der Waals surface area contributed by atoms with Crippen molar-refractivity contribution in [2.45, 2.75) is 43.5 Å². The maximum Gasteiger partial charge on any atom is 0.265 e. The molecule has 3 aromatic rings. The number of anilines is 1. The molecule has 3 aromatic carbocycles. The van der Waals surface area contributed by atoms with Gasteiger partial charge in [0.15, 0.2) is 0 Å². The lowest BCUT2D eigenvalue weighted by Crippen LogP contribution is -2.33. The van der Waals surface area contributed by atoms with Crippen LogP contribution in [0.1, 0.15) is 53.6 Å². The lowest BCUT2D eigenvalue weighted by atomic mass is 10.1. The predicted molar refractivity (Wildman–Crippen MR) is 161 cm³/mol. The summed E-state index contributed by atoms with van der Waals surface area (Å²) in [5.41, 5.74) is 3.37. The van der Waals surface area contributed by atoms with Gasteiger partial charge in [0.2, 0.25) is 0 Å². The van der Waals surface area contributed by atoms with E-state index in [-0.39, 0.29) is 11.8 Å². The van der Waals surface area contributed by atoms with E-state index in [4.69, 9.17) is 11.6 Å². The van der Waals surface area contributed by atoms with Crippen LogP contribution in [0.4, 0.5) is 5.69 Å². The quantitative estimate of drug-likeness (QED) is 0.238. The van der Waals surface area contributed by atoms with E-state index < -0.39 is 0 Å². The highest BCUT2D eigenvalue weighted by Gasteiger charge is 2.29. The minimum absolute atomic E-state index is 0.0510. The van der Waals surface area contributed by atoms with E-state index in [9.17, 15) is 9.59 Å². The van der Waals surface area contributed by atoms with Gasteiger partial charge in [0, 0.05) is 22.0 Å². The van der Waals surface area contributed by atoms with E-state index in [1.165, 1.54) is 50.5 Å². The average molecular weight is 560 g/mol. The highest BCUT2D eigenvalue weighted by Crippen LogP contribution is 2.42. The smallest absolute Gasteiger partial charge is 0.265 e. The fourth-order valence-corrected chi connectivity index (χ4v) is 6.36. The van der Waals surface area contributed by atoms with Gasteiger partial charge in [-0.25, -0.2) is 0 Å². The van der Waals surface area contributed by atoms with Crippen molar-refractivity contribution in [1.82, 2.24) is 10.2 Å². The second-order valence-corrected chi connectivity index (χ2v) is 11.6. The number of carbonyl (C=O) groups is 2. The summed E-state index contributed by atoms with van der Waals surface area (Å²) in [6.45, 7) is 4.50. The van der Waals surface area contributed by atoms with Crippen molar-refractivity contribution in [2.24, 2.45) is 0 Å². The molecule has 2 heterocycles. The Bertz CT molecular complexity index is 1330. The Labute approximate surface area is 240 Å². The van der Waals surface area contributed by atoms with Gasteiger partial charge in [-0.3, -0.25) is 9.59 Å². The Balaban J connectivity index is 1.22. The van der Waals surface area contributed by atoms with Crippen molar-refractivity contribution in [2.75, 3.05) is 31.1 Å². The highest BCUT2D eigenvalue weighted by atomic mass is 35.5. The van der Waals surface area contributed by atoms with E-state index >= 15 is 0 Å². The number of likely N-dealkylation sites (tertiary alicyclic amines) is 1. The summed E-state index contributed by atoms with van der Waals surface area (Å²) in [7, 11) is 0. The van der Waals surface area contributed by atoms with Crippen LogP contribution in [0.15, 0.2) is 82.6 Å². The molecule has 0 aliphatic carbocycles. The van der Waals surface area contributed by atoms with Gasteiger partial charge in [-0.15, -0.1) is 0 Å². The Morgan fingerprint density at radius 3 is 2.49 bits per heavy atom. The standard InChI is InChI=1S/C32H34ClN3O2S/c33-27-10-7-9-25(21-27)23-36-28-11-3-4-12-29(28)39-30(32(36)38)22-24-13-15-26(16-14-24)31(37)34-17-8-20-35-18-5-1-2-6-19-35/h3-4,7,9-16,21-22H,1-2,5-6,8,17-20,23H2,(H,34,37)/b30-22+. The zero-order valence-electron chi connectivity index (χ0n) is 22.1. The molecule has 1 N–H and O–H groups in total. The number of hydrogen-bond donors (Lipinski definition) is 1. The molecule has 0 aromatic heterocycles.